The Hall–Kier alpha value is -1.63. The molecule has 0 spiro atoms. The van der Waals surface area contributed by atoms with E-state index in [0.29, 0.717) is 45.1 Å². The molecule has 1 saturated heterocycles. The van der Waals surface area contributed by atoms with Crippen molar-refractivity contribution in [1.82, 2.24) is 10.2 Å². The summed E-state index contributed by atoms with van der Waals surface area (Å²) in [5.74, 6) is -0.636. The lowest BCUT2D eigenvalue weighted by Crippen LogP contribution is -2.40. The average Bonchev–Trinajstić information content (AvgIpc) is 2.45. The maximum Gasteiger partial charge on any atom is 0.290 e. The van der Waals surface area contributed by atoms with Gasteiger partial charge in [-0.25, -0.2) is 5.10 Å². The van der Waals surface area contributed by atoms with Gasteiger partial charge in [0.15, 0.2) is 0 Å². The summed E-state index contributed by atoms with van der Waals surface area (Å²) in [6.45, 7) is 7.34. The highest BCUT2D eigenvalue weighted by Crippen LogP contribution is 2.27. The highest BCUT2D eigenvalue weighted by molar-refractivity contribution is 5.69. The highest BCUT2D eigenvalue weighted by atomic mass is 19.1. The molecule has 1 aliphatic heterocycles. The zero-order valence-electron chi connectivity index (χ0n) is 11.3. The van der Waals surface area contributed by atoms with E-state index in [9.17, 15) is 9.18 Å². The fraction of sp³-hybridized carbons (Fsp3) is 0.667. The number of nitrogens with zero attached hydrogens (tertiary/aromatic N) is 3. The molecule has 1 fully saturated rings. The van der Waals surface area contributed by atoms with Crippen LogP contribution in [0.4, 0.5) is 15.8 Å². The van der Waals surface area contributed by atoms with Crippen LogP contribution in [0.25, 0.3) is 0 Å². The van der Waals surface area contributed by atoms with Crippen LogP contribution >= 0.6 is 0 Å². The van der Waals surface area contributed by atoms with Gasteiger partial charge in [0.25, 0.3) is 11.5 Å². The van der Waals surface area contributed by atoms with Crippen LogP contribution in [0.3, 0.4) is 0 Å². The van der Waals surface area contributed by atoms with Crippen molar-refractivity contribution in [1.29, 1.82) is 0 Å². The molecule has 106 valence electrons. The molecule has 0 saturated carbocycles. The topological polar surface area (TPSA) is 61.5 Å². The minimum Gasteiger partial charge on any atom is -0.378 e. The number of halogens is 1. The van der Waals surface area contributed by atoms with Crippen molar-refractivity contribution in [3.8, 4) is 0 Å². The Bertz CT molecular complexity index is 481. The van der Waals surface area contributed by atoms with Gasteiger partial charge in [-0.15, -0.1) is 5.10 Å². The van der Waals surface area contributed by atoms with Crippen molar-refractivity contribution in [2.45, 2.75) is 13.8 Å². The van der Waals surface area contributed by atoms with E-state index in [0.717, 1.165) is 0 Å². The number of ether oxygens (including phenoxy) is 1. The normalized spacial score (nSPS) is 15.6. The molecular formula is C12H19FN4O2. The Morgan fingerprint density at radius 2 is 2.00 bits per heavy atom. The number of rotatable bonds is 4. The van der Waals surface area contributed by atoms with Crippen molar-refractivity contribution >= 4 is 11.4 Å². The second-order valence-corrected chi connectivity index (χ2v) is 4.31. The van der Waals surface area contributed by atoms with Gasteiger partial charge in [0, 0.05) is 26.2 Å². The predicted octanol–water partition coefficient (Wildman–Crippen LogP) is 0.592. The van der Waals surface area contributed by atoms with Gasteiger partial charge in [-0.05, 0) is 13.8 Å². The lowest BCUT2D eigenvalue weighted by atomic mass is 10.2. The van der Waals surface area contributed by atoms with Crippen LogP contribution in [0.2, 0.25) is 0 Å². The number of hydrogen-bond donors (Lipinski definition) is 1. The molecular weight excluding hydrogens is 251 g/mol. The molecule has 1 aliphatic rings. The molecule has 2 rings (SSSR count). The summed E-state index contributed by atoms with van der Waals surface area (Å²) in [7, 11) is 0. The molecule has 0 amide bonds. The number of anilines is 2. The Balaban J connectivity index is 2.50. The van der Waals surface area contributed by atoms with Gasteiger partial charge in [-0.2, -0.15) is 4.39 Å². The number of hydrogen-bond acceptors (Lipinski definition) is 5. The molecule has 6 nitrogen and oxygen atoms in total. The summed E-state index contributed by atoms with van der Waals surface area (Å²) in [4.78, 5) is 15.7. The average molecular weight is 270 g/mol. The molecule has 7 heteroatoms. The first kappa shape index (κ1) is 13.8. The van der Waals surface area contributed by atoms with Crippen LogP contribution in [0.1, 0.15) is 13.8 Å². The molecule has 0 aromatic carbocycles. The van der Waals surface area contributed by atoms with E-state index in [1.165, 1.54) is 0 Å². The Labute approximate surface area is 111 Å². The van der Waals surface area contributed by atoms with Crippen LogP contribution in [-0.2, 0) is 4.74 Å². The molecule has 1 aromatic heterocycles. The van der Waals surface area contributed by atoms with Crippen molar-refractivity contribution < 1.29 is 9.13 Å². The fourth-order valence-electron chi connectivity index (χ4n) is 2.31. The summed E-state index contributed by atoms with van der Waals surface area (Å²) in [6, 6.07) is 0. The van der Waals surface area contributed by atoms with Crippen molar-refractivity contribution in [3.63, 3.8) is 0 Å². The van der Waals surface area contributed by atoms with Crippen LogP contribution in [-0.4, -0.2) is 49.6 Å². The molecule has 1 aromatic rings. The predicted molar refractivity (Wildman–Crippen MR) is 71.4 cm³/mol. The maximum atomic E-state index is 14.1. The molecule has 2 heterocycles. The lowest BCUT2D eigenvalue weighted by Gasteiger charge is -2.32. The smallest absolute Gasteiger partial charge is 0.290 e. The minimum atomic E-state index is -0.636. The number of aromatic nitrogens is 2. The van der Waals surface area contributed by atoms with Gasteiger partial charge in [0.2, 0.25) is 0 Å². The summed E-state index contributed by atoms with van der Waals surface area (Å²) in [5, 5.41) is 5.67. The van der Waals surface area contributed by atoms with E-state index >= 15 is 0 Å². The Kier molecular flexibility index (Phi) is 4.36. The van der Waals surface area contributed by atoms with E-state index in [1.54, 1.807) is 0 Å². The van der Waals surface area contributed by atoms with Crippen molar-refractivity contribution in [3.05, 3.63) is 16.3 Å². The van der Waals surface area contributed by atoms with Crippen molar-refractivity contribution in [2.75, 3.05) is 49.2 Å². The third kappa shape index (κ3) is 2.70. The van der Waals surface area contributed by atoms with Gasteiger partial charge >= 0.3 is 0 Å². The standard InChI is InChI=1S/C12H19FN4O2/c1-3-16(4-2)10-9(11(13)14-15-12(10)18)17-5-7-19-8-6-17/h3-8H2,1-2H3,(H,15,18). The SMILES string of the molecule is CCN(CC)c1c(N2CCOCC2)c(F)n[nH]c1=O. The molecule has 0 unspecified atom stereocenters. The minimum absolute atomic E-state index is 0.288. The quantitative estimate of drug-likeness (QED) is 0.867. The lowest BCUT2D eigenvalue weighted by molar-refractivity contribution is 0.122. The zero-order chi connectivity index (χ0) is 13.8. The monoisotopic (exact) mass is 270 g/mol. The van der Waals surface area contributed by atoms with Crippen LogP contribution in [0.5, 0.6) is 0 Å². The molecule has 0 aliphatic carbocycles. The molecule has 19 heavy (non-hydrogen) atoms. The van der Waals surface area contributed by atoms with Gasteiger partial charge in [-0.3, -0.25) is 4.79 Å². The molecule has 1 N–H and O–H groups in total. The summed E-state index contributed by atoms with van der Waals surface area (Å²) >= 11 is 0. The maximum absolute atomic E-state index is 14.1. The Morgan fingerprint density at radius 1 is 1.37 bits per heavy atom. The number of nitrogens with one attached hydrogen (secondary N) is 1. The van der Waals surface area contributed by atoms with Crippen molar-refractivity contribution in [2.24, 2.45) is 0 Å². The van der Waals surface area contributed by atoms with E-state index in [4.69, 9.17) is 4.74 Å². The first-order valence-corrected chi connectivity index (χ1v) is 6.54. The van der Waals surface area contributed by atoms with E-state index in [2.05, 4.69) is 10.2 Å². The first-order valence-electron chi connectivity index (χ1n) is 6.54. The molecule has 0 atom stereocenters. The van der Waals surface area contributed by atoms with Crippen LogP contribution < -0.4 is 15.4 Å². The van der Waals surface area contributed by atoms with Gasteiger partial charge in [0.05, 0.1) is 13.2 Å². The second-order valence-electron chi connectivity index (χ2n) is 4.31. The molecule has 0 bridgehead atoms. The first-order chi connectivity index (χ1) is 9.19. The Morgan fingerprint density at radius 3 is 2.58 bits per heavy atom. The highest BCUT2D eigenvalue weighted by Gasteiger charge is 2.24. The third-order valence-electron chi connectivity index (χ3n) is 3.30. The van der Waals surface area contributed by atoms with Gasteiger partial charge < -0.3 is 14.5 Å². The van der Waals surface area contributed by atoms with Gasteiger partial charge in [0.1, 0.15) is 11.4 Å². The second kappa shape index (κ2) is 6.01. The number of aromatic amines is 1. The number of morpholine rings is 1. The molecule has 0 radical (unpaired) electrons. The largest absolute Gasteiger partial charge is 0.378 e. The zero-order valence-corrected chi connectivity index (χ0v) is 11.3. The van der Waals surface area contributed by atoms with E-state index < -0.39 is 5.95 Å². The number of H-pyrrole nitrogens is 1. The van der Waals surface area contributed by atoms with E-state index in [-0.39, 0.29) is 11.2 Å². The third-order valence-corrected chi connectivity index (χ3v) is 3.30. The summed E-state index contributed by atoms with van der Waals surface area (Å²) in [5.41, 5.74) is 0.293. The van der Waals surface area contributed by atoms with Crippen LogP contribution in [0.15, 0.2) is 4.79 Å². The van der Waals surface area contributed by atoms with Crippen LogP contribution in [0, 0.1) is 5.95 Å². The fourth-order valence-corrected chi connectivity index (χ4v) is 2.31. The van der Waals surface area contributed by atoms with Gasteiger partial charge in [-0.1, -0.05) is 0 Å². The van der Waals surface area contributed by atoms with E-state index in [1.807, 2.05) is 23.6 Å². The summed E-state index contributed by atoms with van der Waals surface area (Å²) < 4.78 is 19.3. The summed E-state index contributed by atoms with van der Waals surface area (Å²) in [6.07, 6.45) is 0.